The minimum absolute atomic E-state index is 0.00375. The third-order valence-corrected chi connectivity index (χ3v) is 17.9. The van der Waals surface area contributed by atoms with Gasteiger partial charge in [0, 0.05) is 25.7 Å². The molecule has 0 heterocycles. The van der Waals surface area contributed by atoms with Crippen molar-refractivity contribution in [2.45, 2.75) is 303 Å². The van der Waals surface area contributed by atoms with Crippen molar-refractivity contribution in [1.82, 2.24) is 0 Å². The van der Waals surface area contributed by atoms with E-state index in [0.717, 1.165) is 167 Å². The van der Waals surface area contributed by atoms with Crippen LogP contribution in [0.1, 0.15) is 285 Å². The molecule has 0 fully saturated rings. The minimum atomic E-state index is -5.01. The van der Waals surface area contributed by atoms with Crippen LogP contribution in [-0.4, -0.2) is 96.7 Å². The number of carbonyl (C=O) groups excluding carboxylic acids is 4. The third kappa shape index (κ3) is 78.0. The van der Waals surface area contributed by atoms with E-state index in [4.69, 9.17) is 37.0 Å². The summed E-state index contributed by atoms with van der Waals surface area (Å²) in [7, 11) is -10.0. The Morgan fingerprint density at radius 1 is 0.269 bits per heavy atom. The Hall–Kier alpha value is -6.10. The van der Waals surface area contributed by atoms with Gasteiger partial charge >= 0.3 is 39.5 Å². The van der Waals surface area contributed by atoms with Crippen molar-refractivity contribution in [3.8, 4) is 0 Å². The number of esters is 4. The quantitative estimate of drug-likeness (QED) is 0.0169. The summed E-state index contributed by atoms with van der Waals surface area (Å²) in [6.45, 7) is 4.32. The lowest BCUT2D eigenvalue weighted by Gasteiger charge is -2.21. The van der Waals surface area contributed by atoms with Crippen molar-refractivity contribution in [1.29, 1.82) is 0 Å². The lowest BCUT2D eigenvalue weighted by atomic mass is 10.1. The molecule has 108 heavy (non-hydrogen) atoms. The monoisotopic (exact) mass is 1540 g/mol. The molecule has 0 aromatic carbocycles. The second kappa shape index (κ2) is 79.0. The summed E-state index contributed by atoms with van der Waals surface area (Å²) in [6, 6.07) is 0. The zero-order chi connectivity index (χ0) is 78.9. The highest BCUT2D eigenvalue weighted by Gasteiger charge is 2.30. The second-order valence-corrected chi connectivity index (χ2v) is 29.1. The summed E-state index contributed by atoms with van der Waals surface area (Å²) in [5, 5.41) is 10.7. The number of hydrogen-bond donors (Lipinski definition) is 3. The van der Waals surface area contributed by atoms with E-state index in [2.05, 4.69) is 192 Å². The number of aliphatic hydroxyl groups excluding tert-OH is 1. The number of ether oxygens (including phenoxy) is 4. The Morgan fingerprint density at radius 2 is 0.509 bits per heavy atom. The summed E-state index contributed by atoms with van der Waals surface area (Å²) in [5.41, 5.74) is 0. The van der Waals surface area contributed by atoms with Crippen LogP contribution < -0.4 is 0 Å². The van der Waals surface area contributed by atoms with Gasteiger partial charge in [0.15, 0.2) is 12.2 Å². The van der Waals surface area contributed by atoms with Gasteiger partial charge < -0.3 is 33.8 Å². The summed E-state index contributed by atoms with van der Waals surface area (Å²) in [5.74, 6) is -2.38. The molecule has 0 aliphatic carbocycles. The molecule has 5 unspecified atom stereocenters. The van der Waals surface area contributed by atoms with Crippen LogP contribution in [0.3, 0.4) is 0 Å². The standard InChI is InChI=1S/C89H142O17P2/c1-5-9-13-17-21-25-29-33-36-39-41-44-46-50-53-57-61-65-69-73-86(91)99-79-84(105-88(93)75-71-67-63-59-55-49-32-28-24-20-16-12-8-4)81-103-107(95,96)101-77-83(90)78-102-108(97,98)104-82-85(106-89(94)76-72-68-64-60-56-52-48-43-38-35-31-27-23-19-15-11-7-3)80-100-87(92)74-70-66-62-58-54-51-47-45-42-40-37-34-30-26-22-18-14-10-6-2/h9-11,13-15,21-23,25-28,32-38,41-42,44-45,48,50,52-53,60-61,64-65,83-85,90H,5-8,12,16-20,24,29-31,39-40,43,46-47,49,51,54-59,62-63,66-82H2,1-4H3,(H,95,96)(H,97,98)/b13-9-,14-10-,15-11-,25-21-,26-22-,27-23-,32-28-,36-33-,37-34-,38-35-,44-41-,45-42-,52-48-,53-50-,64-60-,65-61-. The van der Waals surface area contributed by atoms with Crippen LogP contribution in [0, 0.1) is 0 Å². The fourth-order valence-electron chi connectivity index (χ4n) is 9.97. The molecule has 3 N–H and O–H groups in total. The van der Waals surface area contributed by atoms with E-state index in [-0.39, 0.29) is 25.7 Å². The van der Waals surface area contributed by atoms with E-state index >= 15 is 0 Å². The maximum absolute atomic E-state index is 13.1. The van der Waals surface area contributed by atoms with Crippen LogP contribution in [0.2, 0.25) is 0 Å². The Kier molecular flexibility index (Phi) is 74.5. The Bertz CT molecular complexity index is 2810. The molecule has 19 heteroatoms. The minimum Gasteiger partial charge on any atom is -0.462 e. The van der Waals surface area contributed by atoms with Gasteiger partial charge in [-0.05, 0) is 167 Å². The molecule has 17 nitrogen and oxygen atoms in total. The number of phosphoric acid groups is 2. The second-order valence-electron chi connectivity index (χ2n) is 26.2. The Morgan fingerprint density at radius 3 is 0.843 bits per heavy atom. The lowest BCUT2D eigenvalue weighted by Crippen LogP contribution is -2.30. The van der Waals surface area contributed by atoms with Gasteiger partial charge in [-0.15, -0.1) is 0 Å². The van der Waals surface area contributed by atoms with Crippen molar-refractivity contribution in [2.75, 3.05) is 39.6 Å². The SMILES string of the molecule is CC/C=C\C/C=C\C/C=C\C/C=C\C/C=C\C/C=C\CCC(=O)OCC(COP(=O)(O)OCC(O)COP(=O)(O)OCC(COC(=O)CCCCCCCC/C=C\C/C=C\C/C=C\C/C=C\CC)OC(=O)CCC/C=C\C/C=C\C/C=C\C/C=C\C/C=C\CC)OC(=O)CCCCCCC/C=C\CCCCCC. The van der Waals surface area contributed by atoms with Crippen molar-refractivity contribution in [3.05, 3.63) is 194 Å². The number of carbonyl (C=O) groups is 4. The molecule has 0 saturated carbocycles. The van der Waals surface area contributed by atoms with Crippen molar-refractivity contribution in [3.63, 3.8) is 0 Å². The Labute approximate surface area is 653 Å². The number of allylic oxidation sites excluding steroid dienone is 32. The number of unbranched alkanes of at least 4 members (excludes halogenated alkanes) is 16. The lowest BCUT2D eigenvalue weighted by molar-refractivity contribution is -0.161. The molecule has 0 aliphatic heterocycles. The molecule has 0 amide bonds. The third-order valence-electron chi connectivity index (χ3n) is 16.0. The first-order valence-corrected chi connectivity index (χ1v) is 43.7. The van der Waals surface area contributed by atoms with E-state index in [1.165, 1.54) is 25.7 Å². The van der Waals surface area contributed by atoms with Crippen molar-refractivity contribution in [2.24, 2.45) is 0 Å². The molecule has 0 spiro atoms. The predicted molar refractivity (Wildman–Crippen MR) is 445 cm³/mol. The highest BCUT2D eigenvalue weighted by atomic mass is 31.2. The van der Waals surface area contributed by atoms with Gasteiger partial charge in [-0.25, -0.2) is 9.13 Å². The summed E-state index contributed by atoms with van der Waals surface area (Å²) < 4.78 is 68.5. The van der Waals surface area contributed by atoms with E-state index in [0.29, 0.717) is 38.5 Å². The fraction of sp³-hybridized carbons (Fsp3) is 0.596. The van der Waals surface area contributed by atoms with E-state index in [9.17, 15) is 43.2 Å². The van der Waals surface area contributed by atoms with Gasteiger partial charge in [0.05, 0.1) is 26.4 Å². The summed E-state index contributed by atoms with van der Waals surface area (Å²) in [4.78, 5) is 73.1. The smallest absolute Gasteiger partial charge is 0.462 e. The molecule has 610 valence electrons. The topological polar surface area (TPSA) is 237 Å². The van der Waals surface area contributed by atoms with Crippen LogP contribution in [-0.2, 0) is 65.4 Å². The van der Waals surface area contributed by atoms with Crippen LogP contribution in [0.5, 0.6) is 0 Å². The van der Waals surface area contributed by atoms with E-state index in [1.807, 2.05) is 30.4 Å². The number of hydrogen-bond acceptors (Lipinski definition) is 15. The first kappa shape index (κ1) is 102. The number of rotatable bonds is 74. The molecular formula is C89H142O17P2. The van der Waals surface area contributed by atoms with E-state index < -0.39 is 97.5 Å². The first-order valence-electron chi connectivity index (χ1n) is 40.7. The van der Waals surface area contributed by atoms with Gasteiger partial charge in [-0.2, -0.15) is 0 Å². The largest absolute Gasteiger partial charge is 0.472 e. The molecule has 0 aliphatic rings. The van der Waals surface area contributed by atoms with Crippen LogP contribution in [0.4, 0.5) is 0 Å². The zero-order valence-electron chi connectivity index (χ0n) is 66.7. The molecule has 0 saturated heterocycles. The first-order chi connectivity index (χ1) is 52.7. The van der Waals surface area contributed by atoms with Gasteiger partial charge in [0.2, 0.25) is 0 Å². The molecule has 0 aromatic rings. The summed E-state index contributed by atoms with van der Waals surface area (Å²) >= 11 is 0. The van der Waals surface area contributed by atoms with Crippen molar-refractivity contribution >= 4 is 39.5 Å². The molecule has 0 aromatic heterocycles. The van der Waals surface area contributed by atoms with Gasteiger partial charge in [0.25, 0.3) is 0 Å². The van der Waals surface area contributed by atoms with Gasteiger partial charge in [-0.3, -0.25) is 37.3 Å². The van der Waals surface area contributed by atoms with Gasteiger partial charge in [-0.1, -0.05) is 286 Å². The Balaban J connectivity index is 5.50. The molecule has 0 bridgehead atoms. The van der Waals surface area contributed by atoms with Crippen LogP contribution in [0.25, 0.3) is 0 Å². The van der Waals surface area contributed by atoms with Crippen molar-refractivity contribution < 1.29 is 80.2 Å². The fourth-order valence-corrected chi connectivity index (χ4v) is 11.6. The predicted octanol–water partition coefficient (Wildman–Crippen LogP) is 24.1. The number of aliphatic hydroxyl groups is 1. The highest BCUT2D eigenvalue weighted by Crippen LogP contribution is 2.45. The van der Waals surface area contributed by atoms with Crippen LogP contribution >= 0.6 is 15.6 Å². The van der Waals surface area contributed by atoms with Crippen LogP contribution in [0.15, 0.2) is 194 Å². The maximum Gasteiger partial charge on any atom is 0.472 e. The highest BCUT2D eigenvalue weighted by molar-refractivity contribution is 7.47. The molecule has 0 rings (SSSR count). The summed E-state index contributed by atoms with van der Waals surface area (Å²) in [6.07, 6.45) is 97.2. The normalized spacial score (nSPS) is 14.8. The zero-order valence-corrected chi connectivity index (χ0v) is 68.5. The number of phosphoric ester groups is 2. The molecular weight excluding hydrogens is 1400 g/mol. The average Bonchev–Trinajstić information content (AvgIpc) is 0.916. The molecule has 0 radical (unpaired) electrons. The average molecular weight is 1550 g/mol. The van der Waals surface area contributed by atoms with Gasteiger partial charge in [0.1, 0.15) is 19.3 Å². The maximum atomic E-state index is 13.1. The molecule has 5 atom stereocenters. The van der Waals surface area contributed by atoms with E-state index in [1.54, 1.807) is 0 Å².